The Labute approximate surface area is 240 Å². The summed E-state index contributed by atoms with van der Waals surface area (Å²) >= 11 is 0. The highest BCUT2D eigenvalue weighted by Gasteiger charge is 2.24. The zero-order valence-corrected chi connectivity index (χ0v) is 24.0. The van der Waals surface area contributed by atoms with Crippen LogP contribution in [0.15, 0.2) is 66.7 Å². The molecule has 0 saturated carbocycles. The van der Waals surface area contributed by atoms with Crippen molar-refractivity contribution in [3.8, 4) is 0 Å². The third-order valence-corrected chi connectivity index (χ3v) is 7.77. The van der Waals surface area contributed by atoms with Crippen LogP contribution in [0.25, 0.3) is 0 Å². The lowest BCUT2D eigenvalue weighted by Gasteiger charge is -2.25. The van der Waals surface area contributed by atoms with Gasteiger partial charge >= 0.3 is 0 Å². The zero-order chi connectivity index (χ0) is 30.0. The molecule has 2 atom stereocenters. The summed E-state index contributed by atoms with van der Waals surface area (Å²) in [4.78, 5) is 13.1. The topological polar surface area (TPSA) is 119 Å². The average Bonchev–Trinajstić information content (AvgIpc) is 2.92. The number of anilines is 1. The molecular weight excluding hydrogens is 552 g/mol. The molecule has 3 aromatic rings. The maximum absolute atomic E-state index is 13.9. The molecule has 0 aliphatic heterocycles. The van der Waals surface area contributed by atoms with Gasteiger partial charge in [-0.25, -0.2) is 17.2 Å². The minimum Gasteiger partial charge on any atom is -0.396 e. The number of nitrogens with one attached hydrogen (secondary N) is 2. The lowest BCUT2D eigenvalue weighted by molar-refractivity contribution is 0.0830. The van der Waals surface area contributed by atoms with Crippen LogP contribution in [-0.2, 0) is 29.4 Å². The number of rotatable bonds is 15. The summed E-state index contributed by atoms with van der Waals surface area (Å²) in [5.41, 5.74) is 3.02. The molecule has 0 saturated heterocycles. The molecule has 222 valence electrons. The van der Waals surface area contributed by atoms with E-state index < -0.39 is 39.7 Å². The molecule has 0 heterocycles. The highest BCUT2D eigenvalue weighted by atomic mass is 32.2. The van der Waals surface area contributed by atoms with E-state index in [0.717, 1.165) is 40.7 Å². The first kappa shape index (κ1) is 32.1. The minimum absolute atomic E-state index is 0.0321. The first-order chi connectivity index (χ1) is 19.5. The van der Waals surface area contributed by atoms with Gasteiger partial charge in [0, 0.05) is 37.9 Å². The van der Waals surface area contributed by atoms with E-state index in [-0.39, 0.29) is 43.7 Å². The molecule has 0 unspecified atom stereocenters. The molecule has 3 rings (SSSR count). The maximum Gasteiger partial charge on any atom is 0.251 e. The molecule has 0 spiro atoms. The van der Waals surface area contributed by atoms with E-state index in [0.29, 0.717) is 12.2 Å². The quantitative estimate of drug-likeness (QED) is 0.216. The molecule has 11 heteroatoms. The number of aliphatic hydroxyl groups is 2. The number of aliphatic hydroxyl groups excluding tert-OH is 2. The Balaban J connectivity index is 1.75. The predicted molar refractivity (Wildman–Crippen MR) is 155 cm³/mol. The van der Waals surface area contributed by atoms with Crippen LogP contribution >= 0.6 is 0 Å². The van der Waals surface area contributed by atoms with E-state index in [2.05, 4.69) is 23.6 Å². The number of nitrogens with zero attached hydrogens (tertiary/aromatic N) is 1. The SMILES string of the molecule is CCc1cccc(CNC[C@@H](O)[C@H](Cc2cc(F)cc(F)c2)NC(=O)c2ccc(N(CCCO)S(C)(=O)=O)cc2)c1. The minimum atomic E-state index is -3.61. The van der Waals surface area contributed by atoms with Crippen molar-refractivity contribution in [2.45, 2.75) is 44.9 Å². The summed E-state index contributed by atoms with van der Waals surface area (Å²) in [7, 11) is -3.61. The second-order valence-electron chi connectivity index (χ2n) is 9.89. The van der Waals surface area contributed by atoms with Gasteiger partial charge in [-0.05, 0) is 72.4 Å². The van der Waals surface area contributed by atoms with Crippen LogP contribution in [-0.4, -0.2) is 62.6 Å². The summed E-state index contributed by atoms with van der Waals surface area (Å²) in [6, 6.07) is 16.0. The smallest absolute Gasteiger partial charge is 0.251 e. The molecule has 0 aliphatic rings. The van der Waals surface area contributed by atoms with E-state index >= 15 is 0 Å². The lowest BCUT2D eigenvalue weighted by atomic mass is 10.00. The predicted octanol–water partition coefficient (Wildman–Crippen LogP) is 3.17. The van der Waals surface area contributed by atoms with E-state index in [1.807, 2.05) is 18.2 Å². The standard InChI is InChI=1S/C30H37F2N3O5S/c1-3-21-6-4-7-22(14-21)19-33-20-29(37)28(17-23-15-25(31)18-26(32)16-23)34-30(38)24-8-10-27(11-9-24)35(12-5-13-36)41(2,39)40/h4,6-11,14-16,18,28-29,33,36-37H,3,5,12-13,17,19-20H2,1-2H3,(H,34,38)/t28-,29+/m0/s1. The normalized spacial score (nSPS) is 13.0. The molecule has 8 nitrogen and oxygen atoms in total. The van der Waals surface area contributed by atoms with Crippen LogP contribution in [0, 0.1) is 11.6 Å². The summed E-state index contributed by atoms with van der Waals surface area (Å²) < 4.78 is 53.2. The molecular formula is C30H37F2N3O5S. The second kappa shape index (κ2) is 15.0. The van der Waals surface area contributed by atoms with Crippen molar-refractivity contribution in [2.24, 2.45) is 0 Å². The van der Waals surface area contributed by atoms with Crippen LogP contribution in [0.4, 0.5) is 14.5 Å². The molecule has 41 heavy (non-hydrogen) atoms. The number of aryl methyl sites for hydroxylation is 1. The monoisotopic (exact) mass is 589 g/mol. The van der Waals surface area contributed by atoms with Gasteiger partial charge in [-0.2, -0.15) is 0 Å². The molecule has 0 fully saturated rings. The number of benzene rings is 3. The Morgan fingerprint density at radius 2 is 1.63 bits per heavy atom. The Morgan fingerprint density at radius 1 is 0.976 bits per heavy atom. The van der Waals surface area contributed by atoms with E-state index in [9.17, 15) is 27.1 Å². The summed E-state index contributed by atoms with van der Waals surface area (Å²) in [6.45, 7) is 2.55. The number of carbonyl (C=O) groups excluding carboxylic acids is 1. The van der Waals surface area contributed by atoms with Crippen molar-refractivity contribution in [3.05, 3.63) is 101 Å². The van der Waals surface area contributed by atoms with Crippen molar-refractivity contribution in [1.82, 2.24) is 10.6 Å². The number of amides is 1. The van der Waals surface area contributed by atoms with E-state index in [1.165, 1.54) is 29.8 Å². The molecule has 1 amide bonds. The number of hydrogen-bond donors (Lipinski definition) is 4. The lowest BCUT2D eigenvalue weighted by Crippen LogP contribution is -2.48. The van der Waals surface area contributed by atoms with Gasteiger partial charge in [-0.1, -0.05) is 31.2 Å². The first-order valence-electron chi connectivity index (χ1n) is 13.4. The molecule has 4 N–H and O–H groups in total. The number of halogens is 2. The highest BCUT2D eigenvalue weighted by Crippen LogP contribution is 2.19. The molecule has 3 aromatic carbocycles. The summed E-state index contributed by atoms with van der Waals surface area (Å²) in [5, 5.41) is 26.1. The number of carbonyl (C=O) groups is 1. The largest absolute Gasteiger partial charge is 0.396 e. The molecule has 0 radical (unpaired) electrons. The molecule has 0 bridgehead atoms. The van der Waals surface area contributed by atoms with Gasteiger partial charge in [0.1, 0.15) is 11.6 Å². The van der Waals surface area contributed by atoms with Crippen LogP contribution in [0.3, 0.4) is 0 Å². The van der Waals surface area contributed by atoms with Crippen molar-refractivity contribution in [1.29, 1.82) is 0 Å². The van der Waals surface area contributed by atoms with Crippen molar-refractivity contribution >= 4 is 21.6 Å². The van der Waals surface area contributed by atoms with Gasteiger partial charge in [-0.15, -0.1) is 0 Å². The fourth-order valence-electron chi connectivity index (χ4n) is 4.46. The Morgan fingerprint density at radius 3 is 2.24 bits per heavy atom. The highest BCUT2D eigenvalue weighted by molar-refractivity contribution is 7.92. The average molecular weight is 590 g/mol. The van der Waals surface area contributed by atoms with Gasteiger partial charge in [0.15, 0.2) is 0 Å². The number of hydrogen-bond acceptors (Lipinski definition) is 6. The van der Waals surface area contributed by atoms with Gasteiger partial charge in [-0.3, -0.25) is 9.10 Å². The molecule has 0 aliphatic carbocycles. The van der Waals surface area contributed by atoms with Crippen LogP contribution in [0.1, 0.15) is 40.4 Å². The van der Waals surface area contributed by atoms with Crippen LogP contribution in [0.2, 0.25) is 0 Å². The Bertz CT molecular complexity index is 1380. The zero-order valence-electron chi connectivity index (χ0n) is 23.2. The Hall–Kier alpha value is -3.38. The third kappa shape index (κ3) is 9.89. The summed E-state index contributed by atoms with van der Waals surface area (Å²) in [6.07, 6.45) is 1.06. The summed E-state index contributed by atoms with van der Waals surface area (Å²) in [5.74, 6) is -2.07. The number of sulfonamides is 1. The van der Waals surface area contributed by atoms with Crippen LogP contribution < -0.4 is 14.9 Å². The third-order valence-electron chi connectivity index (χ3n) is 6.58. The van der Waals surface area contributed by atoms with Gasteiger partial charge < -0.3 is 20.8 Å². The van der Waals surface area contributed by atoms with E-state index in [4.69, 9.17) is 5.11 Å². The van der Waals surface area contributed by atoms with Crippen molar-refractivity contribution in [3.63, 3.8) is 0 Å². The van der Waals surface area contributed by atoms with E-state index in [1.54, 1.807) is 0 Å². The molecule has 0 aromatic heterocycles. The van der Waals surface area contributed by atoms with Gasteiger partial charge in [0.05, 0.1) is 24.1 Å². The Kier molecular flexibility index (Phi) is 11.8. The van der Waals surface area contributed by atoms with Gasteiger partial charge in [0.25, 0.3) is 5.91 Å². The van der Waals surface area contributed by atoms with Gasteiger partial charge in [0.2, 0.25) is 10.0 Å². The fourth-order valence-corrected chi connectivity index (χ4v) is 5.43. The van der Waals surface area contributed by atoms with Crippen molar-refractivity contribution < 1.29 is 32.2 Å². The fraction of sp³-hybridized carbons (Fsp3) is 0.367. The second-order valence-corrected chi connectivity index (χ2v) is 11.8. The van der Waals surface area contributed by atoms with Crippen molar-refractivity contribution in [2.75, 3.05) is 30.3 Å². The van der Waals surface area contributed by atoms with Crippen LogP contribution in [0.5, 0.6) is 0 Å². The first-order valence-corrected chi connectivity index (χ1v) is 15.3. The maximum atomic E-state index is 13.9.